The molecule has 0 saturated heterocycles. The number of benzene rings is 2. The first-order valence-electron chi connectivity index (χ1n) is 6.05. The van der Waals surface area contributed by atoms with Crippen molar-refractivity contribution in [3.8, 4) is 6.07 Å². The van der Waals surface area contributed by atoms with Crippen LogP contribution in [-0.4, -0.2) is 18.6 Å². The van der Waals surface area contributed by atoms with E-state index in [0.717, 1.165) is 10.9 Å². The van der Waals surface area contributed by atoms with E-state index in [1.165, 1.54) is 12.1 Å². The van der Waals surface area contributed by atoms with Crippen LogP contribution in [0.1, 0.15) is 5.56 Å². The molecule has 3 rings (SSSR count). The topological polar surface area (TPSA) is 98.6 Å². The first kappa shape index (κ1) is 13.1. The number of H-pyrrole nitrogens is 1. The molecule has 0 fully saturated rings. The predicted molar refractivity (Wildman–Crippen MR) is 78.1 cm³/mol. The maximum absolute atomic E-state index is 12.4. The number of aromatic nitrogens is 2. The molecule has 21 heavy (non-hydrogen) atoms. The van der Waals surface area contributed by atoms with Crippen LogP contribution in [0.5, 0.6) is 0 Å². The summed E-state index contributed by atoms with van der Waals surface area (Å²) in [7, 11) is -3.81. The van der Waals surface area contributed by atoms with Crippen molar-refractivity contribution in [2.24, 2.45) is 0 Å². The van der Waals surface area contributed by atoms with Gasteiger partial charge in [0.05, 0.1) is 23.0 Å². The molecule has 0 unspecified atom stereocenters. The lowest BCUT2D eigenvalue weighted by molar-refractivity contribution is 0.601. The van der Waals surface area contributed by atoms with Crippen LogP contribution in [0.15, 0.2) is 53.6 Å². The Hall–Kier alpha value is -2.85. The number of sulfonamides is 1. The molecule has 1 heterocycles. The summed E-state index contributed by atoms with van der Waals surface area (Å²) < 4.78 is 27.2. The Kier molecular flexibility index (Phi) is 3.08. The van der Waals surface area contributed by atoms with Crippen molar-refractivity contribution in [2.45, 2.75) is 4.90 Å². The van der Waals surface area contributed by atoms with Crippen LogP contribution in [0.2, 0.25) is 0 Å². The van der Waals surface area contributed by atoms with Gasteiger partial charge in [-0.1, -0.05) is 12.1 Å². The van der Waals surface area contributed by atoms with Gasteiger partial charge < -0.3 is 0 Å². The van der Waals surface area contributed by atoms with Crippen LogP contribution in [-0.2, 0) is 10.0 Å². The van der Waals surface area contributed by atoms with Crippen LogP contribution in [0.4, 0.5) is 5.69 Å². The molecule has 104 valence electrons. The molecule has 0 atom stereocenters. The van der Waals surface area contributed by atoms with Gasteiger partial charge in [-0.2, -0.15) is 10.4 Å². The number of nitrogens with one attached hydrogen (secondary N) is 2. The van der Waals surface area contributed by atoms with Gasteiger partial charge in [0.1, 0.15) is 11.0 Å². The number of aromatic amines is 1. The Morgan fingerprint density at radius 1 is 1.19 bits per heavy atom. The molecule has 0 aliphatic rings. The van der Waals surface area contributed by atoms with E-state index in [1.54, 1.807) is 36.5 Å². The molecule has 6 nitrogen and oxygen atoms in total. The predicted octanol–water partition coefficient (Wildman–Crippen LogP) is 2.24. The number of rotatable bonds is 3. The van der Waals surface area contributed by atoms with Crippen LogP contribution >= 0.6 is 0 Å². The van der Waals surface area contributed by atoms with Crippen molar-refractivity contribution >= 4 is 26.6 Å². The van der Waals surface area contributed by atoms with Gasteiger partial charge in [-0.3, -0.25) is 9.82 Å². The van der Waals surface area contributed by atoms with Gasteiger partial charge in [0.2, 0.25) is 0 Å². The first-order valence-corrected chi connectivity index (χ1v) is 7.53. The highest BCUT2D eigenvalue weighted by Gasteiger charge is 2.18. The summed E-state index contributed by atoms with van der Waals surface area (Å²) in [6, 6.07) is 13.0. The third kappa shape index (κ3) is 2.44. The van der Waals surface area contributed by atoms with Gasteiger partial charge >= 0.3 is 0 Å². The van der Waals surface area contributed by atoms with Gasteiger partial charge in [-0.25, -0.2) is 8.42 Å². The summed E-state index contributed by atoms with van der Waals surface area (Å²) in [6.07, 6.45) is 1.65. The molecule has 0 amide bonds. The lowest BCUT2D eigenvalue weighted by Crippen LogP contribution is -2.14. The van der Waals surface area contributed by atoms with E-state index >= 15 is 0 Å². The largest absolute Gasteiger partial charge is 0.280 e. The Morgan fingerprint density at radius 2 is 2.00 bits per heavy atom. The van der Waals surface area contributed by atoms with Gasteiger partial charge in [0.25, 0.3) is 10.0 Å². The lowest BCUT2D eigenvalue weighted by Gasteiger charge is -2.09. The normalized spacial score (nSPS) is 11.2. The second-order valence-electron chi connectivity index (χ2n) is 4.39. The maximum Gasteiger partial charge on any atom is 0.263 e. The molecule has 2 aromatic carbocycles. The quantitative estimate of drug-likeness (QED) is 0.774. The molecule has 0 saturated carbocycles. The SMILES string of the molecule is N#Cc1ccccc1S(=O)(=O)Nc1ccc2cn[nH]c2c1. The van der Waals surface area contributed by atoms with Crippen LogP contribution in [0.25, 0.3) is 10.9 Å². The van der Waals surface area contributed by atoms with Crippen molar-refractivity contribution in [3.05, 3.63) is 54.2 Å². The van der Waals surface area contributed by atoms with E-state index in [0.29, 0.717) is 5.69 Å². The monoisotopic (exact) mass is 298 g/mol. The van der Waals surface area contributed by atoms with E-state index in [1.807, 2.05) is 6.07 Å². The van der Waals surface area contributed by atoms with Crippen LogP contribution in [0, 0.1) is 11.3 Å². The number of anilines is 1. The lowest BCUT2D eigenvalue weighted by atomic mass is 10.2. The first-order chi connectivity index (χ1) is 10.1. The standard InChI is InChI=1S/C14H10N4O2S/c15-8-10-3-1-2-4-14(10)21(19,20)18-12-6-5-11-9-16-17-13(11)7-12/h1-7,9,18H,(H,16,17). The van der Waals surface area contributed by atoms with E-state index < -0.39 is 10.0 Å². The summed E-state index contributed by atoms with van der Waals surface area (Å²) in [5.74, 6) is 0. The zero-order valence-electron chi connectivity index (χ0n) is 10.7. The van der Waals surface area contributed by atoms with E-state index in [-0.39, 0.29) is 10.5 Å². The smallest absolute Gasteiger partial charge is 0.263 e. The second-order valence-corrected chi connectivity index (χ2v) is 6.04. The van der Waals surface area contributed by atoms with Crippen molar-refractivity contribution in [1.82, 2.24) is 10.2 Å². The summed E-state index contributed by atoms with van der Waals surface area (Å²) in [5.41, 5.74) is 1.23. The number of nitriles is 1. The summed E-state index contributed by atoms with van der Waals surface area (Å²) in [6.45, 7) is 0. The minimum absolute atomic E-state index is 0.0443. The number of nitrogens with zero attached hydrogens (tertiary/aromatic N) is 2. The fourth-order valence-electron chi connectivity index (χ4n) is 2.00. The molecule has 0 aliphatic heterocycles. The summed E-state index contributed by atoms with van der Waals surface area (Å²) in [4.78, 5) is -0.0443. The molecule has 2 N–H and O–H groups in total. The van der Waals surface area contributed by atoms with Gasteiger partial charge in [-0.15, -0.1) is 0 Å². The Balaban J connectivity index is 2.01. The third-order valence-electron chi connectivity index (χ3n) is 2.99. The zero-order chi connectivity index (χ0) is 14.9. The van der Waals surface area contributed by atoms with Crippen LogP contribution in [0.3, 0.4) is 0 Å². The summed E-state index contributed by atoms with van der Waals surface area (Å²) >= 11 is 0. The highest BCUT2D eigenvalue weighted by Crippen LogP contribution is 2.21. The number of fused-ring (bicyclic) bond motifs is 1. The molecular weight excluding hydrogens is 288 g/mol. The fraction of sp³-hybridized carbons (Fsp3) is 0. The molecule has 0 aliphatic carbocycles. The highest BCUT2D eigenvalue weighted by molar-refractivity contribution is 7.92. The average Bonchev–Trinajstić information content (AvgIpc) is 2.94. The van der Waals surface area contributed by atoms with Crippen molar-refractivity contribution in [2.75, 3.05) is 4.72 Å². The highest BCUT2D eigenvalue weighted by atomic mass is 32.2. The van der Waals surface area contributed by atoms with Crippen molar-refractivity contribution in [1.29, 1.82) is 5.26 Å². The Morgan fingerprint density at radius 3 is 2.81 bits per heavy atom. The minimum atomic E-state index is -3.81. The van der Waals surface area contributed by atoms with Gasteiger partial charge in [0.15, 0.2) is 0 Å². The molecule has 3 aromatic rings. The third-order valence-corrected chi connectivity index (χ3v) is 4.43. The molecule has 0 bridgehead atoms. The van der Waals surface area contributed by atoms with Crippen molar-refractivity contribution in [3.63, 3.8) is 0 Å². The molecule has 0 spiro atoms. The number of hydrogen-bond acceptors (Lipinski definition) is 4. The molecule has 0 radical (unpaired) electrons. The second kappa shape index (κ2) is 4.92. The van der Waals surface area contributed by atoms with Gasteiger partial charge in [-0.05, 0) is 30.3 Å². The Labute approximate surface area is 121 Å². The van der Waals surface area contributed by atoms with E-state index in [4.69, 9.17) is 5.26 Å². The fourth-order valence-corrected chi connectivity index (χ4v) is 3.21. The van der Waals surface area contributed by atoms with Crippen LogP contribution < -0.4 is 4.72 Å². The van der Waals surface area contributed by atoms with Gasteiger partial charge in [0, 0.05) is 5.39 Å². The Bertz CT molecular complexity index is 954. The summed E-state index contributed by atoms with van der Waals surface area (Å²) in [5, 5.41) is 16.5. The molecular formula is C14H10N4O2S. The zero-order valence-corrected chi connectivity index (χ0v) is 11.6. The number of hydrogen-bond donors (Lipinski definition) is 2. The minimum Gasteiger partial charge on any atom is -0.280 e. The molecule has 7 heteroatoms. The van der Waals surface area contributed by atoms with E-state index in [9.17, 15) is 8.42 Å². The molecule has 1 aromatic heterocycles. The average molecular weight is 298 g/mol. The maximum atomic E-state index is 12.4. The van der Waals surface area contributed by atoms with Crippen molar-refractivity contribution < 1.29 is 8.42 Å². The van der Waals surface area contributed by atoms with E-state index in [2.05, 4.69) is 14.9 Å².